The zero-order valence-corrected chi connectivity index (χ0v) is 35.9. The Morgan fingerprint density at radius 3 is 1.22 bits per heavy atom. The fourth-order valence-electron chi connectivity index (χ4n) is 8.01. The summed E-state index contributed by atoms with van der Waals surface area (Å²) in [5.74, 6) is -0.487. The topological polar surface area (TPSA) is 110 Å². The van der Waals surface area contributed by atoms with Crippen molar-refractivity contribution in [2.24, 2.45) is 0 Å². The molecule has 2 aliphatic rings. The van der Waals surface area contributed by atoms with Gasteiger partial charge in [0.1, 0.15) is 39.3 Å². The molecule has 0 unspecified atom stereocenters. The number of para-hydroxylation sites is 2. The lowest BCUT2D eigenvalue weighted by Gasteiger charge is -2.31. The number of carbonyl (C=O) groups is 1. The molecule has 54 heavy (non-hydrogen) atoms. The maximum absolute atomic E-state index is 14.3. The Kier molecular flexibility index (Phi) is 13.7. The summed E-state index contributed by atoms with van der Waals surface area (Å²) >= 11 is 0. The minimum absolute atomic E-state index is 0.0492. The third-order valence-corrected chi connectivity index (χ3v) is 14.4. The van der Waals surface area contributed by atoms with Gasteiger partial charge in [0.2, 0.25) is 0 Å². The Hall–Kier alpha value is -3.07. The smallest absolute Gasteiger partial charge is 0.314 e. The fourth-order valence-corrected chi connectivity index (χ4v) is 10.7. The van der Waals surface area contributed by atoms with Gasteiger partial charge in [-0.05, 0) is 77.6 Å². The number of hydroxylamine groups is 6. The standard InChI is InChI=1S/C41H64N4O7S2/c1-11-44(12-2,13-3)51-53(47,48)29-21-27-42-36-25-19-17-23-34(36)40(7,8)38(42)31-33(46)32-39-41(9,10)35-24-18-20-26-37(35)43(39)28-22-30-54(49,50)52-45(14-4,15-5)16-6/h17-20,23-26,31-32H,11-16,21-22,27-30H2,1-10H3/q+2. The van der Waals surface area contributed by atoms with Crippen molar-refractivity contribution in [3.63, 3.8) is 0 Å². The summed E-state index contributed by atoms with van der Waals surface area (Å²) in [7, 11) is -7.62. The number of ketones is 1. The highest BCUT2D eigenvalue weighted by Gasteiger charge is 2.43. The third-order valence-electron chi connectivity index (χ3n) is 11.7. The Balaban J connectivity index is 1.63. The number of carbonyl (C=O) groups excluding carboxylic acids is 1. The van der Waals surface area contributed by atoms with Crippen LogP contribution in [0.5, 0.6) is 0 Å². The number of nitrogens with zero attached hydrogens (tertiary/aromatic N) is 4. The number of allylic oxidation sites excluding steroid dienone is 4. The van der Waals surface area contributed by atoms with Crippen molar-refractivity contribution in [2.45, 2.75) is 92.9 Å². The van der Waals surface area contributed by atoms with E-state index in [1.165, 1.54) is 0 Å². The first kappa shape index (κ1) is 43.7. The Labute approximate surface area is 325 Å². The molecule has 0 amide bonds. The summed E-state index contributed by atoms with van der Waals surface area (Å²) in [5, 5.41) is 0. The van der Waals surface area contributed by atoms with Crippen LogP contribution >= 0.6 is 0 Å². The molecule has 0 saturated heterocycles. The largest absolute Gasteiger partial charge is 0.344 e. The monoisotopic (exact) mass is 788 g/mol. The summed E-state index contributed by atoms with van der Waals surface area (Å²) < 4.78 is 64.2. The third kappa shape index (κ3) is 9.13. The van der Waals surface area contributed by atoms with E-state index in [0.29, 0.717) is 65.2 Å². The number of hydrogen-bond donors (Lipinski definition) is 0. The van der Waals surface area contributed by atoms with Crippen molar-refractivity contribution < 1.29 is 39.5 Å². The van der Waals surface area contributed by atoms with E-state index in [1.807, 2.05) is 77.9 Å². The average Bonchev–Trinajstić information content (AvgIpc) is 3.48. The SMILES string of the molecule is CC[N+](CC)(CC)OS(=O)(=O)CCCN1C(=CC(=O)C=C2N(CCCS(=O)(=O)O[N+](CC)(CC)CC)c3ccccc3C2(C)C)C(C)(C)c2ccccc21. The maximum atomic E-state index is 14.3. The predicted molar refractivity (Wildman–Crippen MR) is 218 cm³/mol. The molecule has 2 aromatic carbocycles. The van der Waals surface area contributed by atoms with E-state index in [1.54, 1.807) is 12.2 Å². The van der Waals surface area contributed by atoms with E-state index in [4.69, 9.17) is 8.57 Å². The molecule has 13 heteroatoms. The lowest BCUT2D eigenvalue weighted by molar-refractivity contribution is -1.08. The van der Waals surface area contributed by atoms with Crippen LogP contribution < -0.4 is 9.80 Å². The maximum Gasteiger partial charge on any atom is 0.314 e. The Morgan fingerprint density at radius 2 is 0.907 bits per heavy atom. The molecule has 0 bridgehead atoms. The second kappa shape index (κ2) is 17.0. The number of anilines is 2. The van der Waals surface area contributed by atoms with Gasteiger partial charge >= 0.3 is 20.2 Å². The van der Waals surface area contributed by atoms with Gasteiger partial charge in [0.25, 0.3) is 0 Å². The van der Waals surface area contributed by atoms with Gasteiger partial charge in [-0.25, -0.2) is 0 Å². The second-order valence-electron chi connectivity index (χ2n) is 15.4. The summed E-state index contributed by atoms with van der Waals surface area (Å²) in [6.07, 6.45) is 3.99. The first-order valence-corrected chi connectivity index (χ1v) is 22.8. The number of fused-ring (bicyclic) bond motifs is 2. The van der Waals surface area contributed by atoms with Crippen molar-refractivity contribution in [1.29, 1.82) is 0 Å². The van der Waals surface area contributed by atoms with Gasteiger partial charge in [-0.3, -0.25) is 4.79 Å². The molecule has 0 N–H and O–H groups in total. The molecular weight excluding hydrogens is 725 g/mol. The van der Waals surface area contributed by atoms with Crippen LogP contribution in [-0.2, 0) is 44.4 Å². The molecule has 2 aliphatic heterocycles. The van der Waals surface area contributed by atoms with Gasteiger partial charge in [0, 0.05) is 58.8 Å². The molecule has 11 nitrogen and oxygen atoms in total. The van der Waals surface area contributed by atoms with Crippen LogP contribution in [0.3, 0.4) is 0 Å². The van der Waals surface area contributed by atoms with Gasteiger partial charge < -0.3 is 9.80 Å². The summed E-state index contributed by atoms with van der Waals surface area (Å²) in [5.41, 5.74) is 4.55. The average molecular weight is 789 g/mol. The van der Waals surface area contributed by atoms with Crippen LogP contribution in [0.1, 0.15) is 93.2 Å². The van der Waals surface area contributed by atoms with E-state index in [9.17, 15) is 21.6 Å². The molecule has 2 heterocycles. The molecule has 0 atom stereocenters. The van der Waals surface area contributed by atoms with E-state index in [0.717, 1.165) is 33.9 Å². The summed E-state index contributed by atoms with van der Waals surface area (Å²) in [4.78, 5) is 18.4. The van der Waals surface area contributed by atoms with Gasteiger partial charge in [-0.2, -0.15) is 26.1 Å². The number of quaternary nitrogens is 2. The van der Waals surface area contributed by atoms with Gasteiger partial charge in [0.15, 0.2) is 5.78 Å². The van der Waals surface area contributed by atoms with Crippen molar-refractivity contribution in [3.05, 3.63) is 83.2 Å². The molecule has 0 saturated carbocycles. The number of rotatable bonds is 20. The Morgan fingerprint density at radius 1 is 0.593 bits per heavy atom. The Bertz CT molecular complexity index is 1770. The van der Waals surface area contributed by atoms with Crippen LogP contribution in [-0.4, -0.2) is 95.8 Å². The van der Waals surface area contributed by atoms with Crippen molar-refractivity contribution in [3.8, 4) is 0 Å². The predicted octanol–water partition coefficient (Wildman–Crippen LogP) is 6.97. The fraction of sp³-hybridized carbons (Fsp3) is 0.585. The van der Waals surface area contributed by atoms with Crippen LogP contribution in [0.25, 0.3) is 0 Å². The molecule has 0 fully saturated rings. The number of hydrogen-bond acceptors (Lipinski definition) is 9. The molecule has 0 spiro atoms. The van der Waals surface area contributed by atoms with Crippen LogP contribution in [0.2, 0.25) is 0 Å². The van der Waals surface area contributed by atoms with Crippen LogP contribution in [0, 0.1) is 0 Å². The van der Waals surface area contributed by atoms with Crippen molar-refractivity contribution in [2.75, 3.05) is 73.7 Å². The van der Waals surface area contributed by atoms with E-state index < -0.39 is 31.1 Å². The van der Waals surface area contributed by atoms with Crippen LogP contribution in [0.4, 0.5) is 11.4 Å². The first-order valence-electron chi connectivity index (χ1n) is 19.6. The summed E-state index contributed by atoms with van der Waals surface area (Å²) in [6.45, 7) is 24.0. The van der Waals surface area contributed by atoms with Crippen molar-refractivity contribution >= 4 is 37.4 Å². The first-order chi connectivity index (χ1) is 25.3. The lowest BCUT2D eigenvalue weighted by Crippen LogP contribution is -2.49. The second-order valence-corrected chi connectivity index (χ2v) is 18.8. The van der Waals surface area contributed by atoms with E-state index in [-0.39, 0.29) is 26.6 Å². The molecule has 0 radical (unpaired) electrons. The molecule has 300 valence electrons. The minimum atomic E-state index is -3.81. The molecule has 0 aliphatic carbocycles. The minimum Gasteiger partial charge on any atom is -0.344 e. The van der Waals surface area contributed by atoms with E-state index in [2.05, 4.69) is 49.6 Å². The van der Waals surface area contributed by atoms with Crippen molar-refractivity contribution in [1.82, 2.24) is 0 Å². The van der Waals surface area contributed by atoms with E-state index >= 15 is 0 Å². The highest BCUT2D eigenvalue weighted by molar-refractivity contribution is 7.86. The highest BCUT2D eigenvalue weighted by atomic mass is 32.2. The normalized spacial score (nSPS) is 18.4. The van der Waals surface area contributed by atoms with Gasteiger partial charge in [-0.15, -0.1) is 0 Å². The number of benzene rings is 2. The van der Waals surface area contributed by atoms with Gasteiger partial charge in [0.05, 0.1) is 11.5 Å². The molecular formula is C41H64N4O7S2+2. The van der Waals surface area contributed by atoms with Gasteiger partial charge in [-0.1, -0.05) is 72.7 Å². The quantitative estimate of drug-likeness (QED) is 0.0798. The summed E-state index contributed by atoms with van der Waals surface area (Å²) in [6, 6.07) is 16.0. The van der Waals surface area contributed by atoms with Crippen LogP contribution in [0.15, 0.2) is 72.1 Å². The zero-order valence-electron chi connectivity index (χ0n) is 34.2. The lowest BCUT2D eigenvalue weighted by atomic mass is 9.82. The highest BCUT2D eigenvalue weighted by Crippen LogP contribution is 2.49. The molecule has 4 rings (SSSR count). The molecule has 0 aromatic heterocycles. The molecule has 2 aromatic rings. The zero-order chi connectivity index (χ0) is 40.2.